The third-order valence-corrected chi connectivity index (χ3v) is 3.80. The normalized spacial score (nSPS) is 23.8. The van der Waals surface area contributed by atoms with Crippen LogP contribution in [-0.4, -0.2) is 25.9 Å². The number of halogens is 1. The number of ether oxygens (including phenoxy) is 2. The fourth-order valence-corrected chi connectivity index (χ4v) is 2.75. The Balaban J connectivity index is 2.26. The molecule has 0 bridgehead atoms. The van der Waals surface area contributed by atoms with E-state index in [0.29, 0.717) is 5.56 Å². The van der Waals surface area contributed by atoms with Crippen LogP contribution >= 0.6 is 0 Å². The van der Waals surface area contributed by atoms with Gasteiger partial charge in [0.2, 0.25) is 0 Å². The molecule has 1 N–H and O–H groups in total. The topological polar surface area (TPSA) is 30.5 Å². The van der Waals surface area contributed by atoms with Gasteiger partial charge >= 0.3 is 0 Å². The van der Waals surface area contributed by atoms with Gasteiger partial charge in [-0.3, -0.25) is 0 Å². The van der Waals surface area contributed by atoms with Crippen LogP contribution in [0.3, 0.4) is 0 Å². The maximum Gasteiger partial charge on any atom is 0.169 e. The van der Waals surface area contributed by atoms with E-state index in [1.54, 1.807) is 6.07 Å². The summed E-state index contributed by atoms with van der Waals surface area (Å²) in [4.78, 5) is 0. The molecule has 1 fully saturated rings. The molecule has 1 heterocycles. The van der Waals surface area contributed by atoms with Crippen molar-refractivity contribution in [3.05, 3.63) is 29.6 Å². The van der Waals surface area contributed by atoms with Crippen molar-refractivity contribution in [2.24, 2.45) is 0 Å². The predicted octanol–water partition coefficient (Wildman–Crippen LogP) is 3.44. The third kappa shape index (κ3) is 3.30. The highest BCUT2D eigenvalue weighted by Crippen LogP contribution is 2.33. The van der Waals surface area contributed by atoms with Crippen molar-refractivity contribution in [1.82, 2.24) is 5.32 Å². The van der Waals surface area contributed by atoms with Crippen LogP contribution in [0, 0.1) is 5.82 Å². The van der Waals surface area contributed by atoms with Crippen LogP contribution in [0.2, 0.25) is 0 Å². The predicted molar refractivity (Wildman–Crippen MR) is 77.6 cm³/mol. The fraction of sp³-hybridized carbons (Fsp3) is 0.625. The van der Waals surface area contributed by atoms with Crippen molar-refractivity contribution in [1.29, 1.82) is 0 Å². The van der Waals surface area contributed by atoms with E-state index in [4.69, 9.17) is 9.47 Å². The number of rotatable bonds is 6. The van der Waals surface area contributed by atoms with E-state index >= 15 is 0 Å². The Morgan fingerprint density at radius 3 is 2.85 bits per heavy atom. The van der Waals surface area contributed by atoms with Crippen LogP contribution in [-0.2, 0) is 4.74 Å². The molecule has 3 atom stereocenters. The highest BCUT2D eigenvalue weighted by Gasteiger charge is 2.32. The van der Waals surface area contributed by atoms with E-state index in [1.807, 2.05) is 12.1 Å². The minimum absolute atomic E-state index is 0.0261. The lowest BCUT2D eigenvalue weighted by atomic mass is 9.98. The first kappa shape index (κ1) is 15.3. The molecule has 4 heteroatoms. The van der Waals surface area contributed by atoms with E-state index in [0.717, 1.165) is 25.8 Å². The molecule has 0 amide bonds. The maximum atomic E-state index is 14.5. The molecule has 1 saturated heterocycles. The molecule has 3 unspecified atom stereocenters. The van der Waals surface area contributed by atoms with Crippen LogP contribution in [0.5, 0.6) is 5.75 Å². The first-order chi connectivity index (χ1) is 9.67. The summed E-state index contributed by atoms with van der Waals surface area (Å²) in [6.45, 7) is 5.01. The van der Waals surface area contributed by atoms with Gasteiger partial charge < -0.3 is 14.8 Å². The van der Waals surface area contributed by atoms with Gasteiger partial charge in [-0.1, -0.05) is 19.1 Å². The molecule has 0 aliphatic carbocycles. The average Bonchev–Trinajstić information content (AvgIpc) is 2.87. The zero-order chi connectivity index (χ0) is 14.5. The van der Waals surface area contributed by atoms with Crippen LogP contribution in [0.15, 0.2) is 18.2 Å². The Bertz CT molecular complexity index is 438. The second-order valence-electron chi connectivity index (χ2n) is 5.36. The first-order valence-electron chi connectivity index (χ1n) is 7.38. The third-order valence-electron chi connectivity index (χ3n) is 3.80. The Kier molecular flexibility index (Phi) is 5.38. The van der Waals surface area contributed by atoms with Gasteiger partial charge in [-0.2, -0.15) is 0 Å². The molecule has 0 aromatic heterocycles. The molecule has 1 aliphatic rings. The van der Waals surface area contributed by atoms with E-state index in [-0.39, 0.29) is 29.8 Å². The summed E-state index contributed by atoms with van der Waals surface area (Å²) in [5.74, 6) is 0.00333. The Labute approximate surface area is 120 Å². The van der Waals surface area contributed by atoms with E-state index in [1.165, 1.54) is 7.11 Å². The van der Waals surface area contributed by atoms with Crippen LogP contribution in [0.1, 0.15) is 44.7 Å². The Morgan fingerprint density at radius 1 is 1.45 bits per heavy atom. The van der Waals surface area contributed by atoms with Crippen molar-refractivity contribution in [2.45, 2.75) is 51.4 Å². The van der Waals surface area contributed by atoms with Crippen molar-refractivity contribution in [3.8, 4) is 5.75 Å². The average molecular weight is 281 g/mol. The van der Waals surface area contributed by atoms with Gasteiger partial charge in [0.1, 0.15) is 0 Å². The lowest BCUT2D eigenvalue weighted by Crippen LogP contribution is -2.33. The zero-order valence-electron chi connectivity index (χ0n) is 12.5. The molecule has 0 radical (unpaired) electrons. The summed E-state index contributed by atoms with van der Waals surface area (Å²) < 4.78 is 25.5. The summed E-state index contributed by atoms with van der Waals surface area (Å²) in [5, 5.41) is 3.42. The highest BCUT2D eigenvalue weighted by atomic mass is 19.1. The lowest BCUT2D eigenvalue weighted by Gasteiger charge is -2.26. The largest absolute Gasteiger partial charge is 0.494 e. The van der Waals surface area contributed by atoms with Crippen LogP contribution in [0.25, 0.3) is 0 Å². The van der Waals surface area contributed by atoms with Gasteiger partial charge in [0, 0.05) is 5.56 Å². The minimum atomic E-state index is -0.285. The lowest BCUT2D eigenvalue weighted by molar-refractivity contribution is 0.0307. The summed E-state index contributed by atoms with van der Waals surface area (Å²) in [7, 11) is 1.49. The van der Waals surface area contributed by atoms with Gasteiger partial charge in [0.05, 0.1) is 25.4 Å². The van der Waals surface area contributed by atoms with Crippen LogP contribution < -0.4 is 10.1 Å². The maximum absolute atomic E-state index is 14.5. The summed E-state index contributed by atoms with van der Waals surface area (Å²) in [5.41, 5.74) is 0.636. The number of methoxy groups -OCH3 is 1. The number of hydrogen-bond donors (Lipinski definition) is 1. The molecule has 0 saturated carbocycles. The van der Waals surface area contributed by atoms with Gasteiger partial charge in [0.25, 0.3) is 0 Å². The summed E-state index contributed by atoms with van der Waals surface area (Å²) in [6, 6.07) is 5.18. The van der Waals surface area contributed by atoms with Crippen molar-refractivity contribution in [2.75, 3.05) is 13.7 Å². The molecule has 3 nitrogen and oxygen atoms in total. The van der Waals surface area contributed by atoms with E-state index in [9.17, 15) is 4.39 Å². The monoisotopic (exact) mass is 281 g/mol. The summed E-state index contributed by atoms with van der Waals surface area (Å²) in [6.07, 6.45) is 3.27. The number of hydrogen-bond acceptors (Lipinski definition) is 3. The fourth-order valence-electron chi connectivity index (χ4n) is 2.75. The smallest absolute Gasteiger partial charge is 0.169 e. The molecular formula is C16H24FNO2. The zero-order valence-corrected chi connectivity index (χ0v) is 12.5. The Morgan fingerprint density at radius 2 is 2.25 bits per heavy atom. The standard InChI is InChI=1S/C16H24FNO2/c1-4-10-18-16(14-9-8-11(2)20-14)12-6-5-7-13(19-3)15(12)17/h5-7,11,14,16,18H,4,8-10H2,1-3H3. The summed E-state index contributed by atoms with van der Waals surface area (Å²) >= 11 is 0. The molecule has 1 aliphatic heterocycles. The van der Waals surface area contributed by atoms with Gasteiger partial charge in [0.15, 0.2) is 11.6 Å². The minimum Gasteiger partial charge on any atom is -0.494 e. The molecule has 20 heavy (non-hydrogen) atoms. The van der Waals surface area contributed by atoms with Gasteiger partial charge in [-0.15, -0.1) is 0 Å². The quantitative estimate of drug-likeness (QED) is 0.866. The second kappa shape index (κ2) is 7.04. The van der Waals surface area contributed by atoms with Crippen molar-refractivity contribution >= 4 is 0 Å². The molecule has 2 rings (SSSR count). The first-order valence-corrected chi connectivity index (χ1v) is 7.38. The van der Waals surface area contributed by atoms with Gasteiger partial charge in [-0.25, -0.2) is 4.39 Å². The second-order valence-corrected chi connectivity index (χ2v) is 5.36. The van der Waals surface area contributed by atoms with E-state index < -0.39 is 0 Å². The molecule has 0 spiro atoms. The van der Waals surface area contributed by atoms with Crippen molar-refractivity contribution < 1.29 is 13.9 Å². The molecule has 112 valence electrons. The van der Waals surface area contributed by atoms with Crippen molar-refractivity contribution in [3.63, 3.8) is 0 Å². The van der Waals surface area contributed by atoms with E-state index in [2.05, 4.69) is 19.2 Å². The van der Waals surface area contributed by atoms with Gasteiger partial charge in [-0.05, 0) is 38.8 Å². The highest BCUT2D eigenvalue weighted by molar-refractivity contribution is 5.33. The van der Waals surface area contributed by atoms with Crippen LogP contribution in [0.4, 0.5) is 4.39 Å². The Hall–Kier alpha value is -1.13. The molecule has 1 aromatic carbocycles. The number of nitrogens with one attached hydrogen (secondary N) is 1. The SMILES string of the molecule is CCCNC(c1cccc(OC)c1F)C1CCC(C)O1. The molecular weight excluding hydrogens is 257 g/mol. The number of benzene rings is 1. The molecule has 1 aromatic rings.